The second-order valence-electron chi connectivity index (χ2n) is 5.35. The van der Waals surface area contributed by atoms with Crippen LogP contribution >= 0.6 is 0 Å². The van der Waals surface area contributed by atoms with Crippen LogP contribution in [0.1, 0.15) is 30.1 Å². The Bertz CT molecular complexity index is 698. The van der Waals surface area contributed by atoms with Crippen molar-refractivity contribution in [3.05, 3.63) is 29.8 Å². The van der Waals surface area contributed by atoms with E-state index in [1.165, 1.54) is 12.1 Å². The molecule has 0 atom stereocenters. The minimum absolute atomic E-state index is 0.110. The summed E-state index contributed by atoms with van der Waals surface area (Å²) in [5, 5.41) is 2.74. The molecule has 1 aliphatic carbocycles. The third kappa shape index (κ3) is 4.69. The van der Waals surface area contributed by atoms with Crippen molar-refractivity contribution in [1.82, 2.24) is 5.32 Å². The van der Waals surface area contributed by atoms with Gasteiger partial charge in [-0.05, 0) is 31.9 Å². The van der Waals surface area contributed by atoms with Gasteiger partial charge >= 0.3 is 5.97 Å². The number of amides is 1. The highest BCUT2D eigenvalue weighted by molar-refractivity contribution is 7.92. The zero-order valence-corrected chi connectivity index (χ0v) is 13.9. The number of benzene rings is 1. The van der Waals surface area contributed by atoms with Crippen LogP contribution in [0.2, 0.25) is 0 Å². The molecular weight excluding hydrogens is 320 g/mol. The number of hydrogen-bond acceptors (Lipinski definition) is 5. The summed E-state index contributed by atoms with van der Waals surface area (Å²) in [6.45, 7) is 1.47. The fraction of sp³-hybridized carbons (Fsp3) is 0.467. The first-order chi connectivity index (χ1) is 10.8. The van der Waals surface area contributed by atoms with Gasteiger partial charge < -0.3 is 10.1 Å². The van der Waals surface area contributed by atoms with Crippen LogP contribution in [0.4, 0.5) is 5.69 Å². The Kier molecular flexibility index (Phi) is 5.25. The molecule has 0 saturated heterocycles. The number of rotatable bonds is 7. The Morgan fingerprint density at radius 3 is 2.52 bits per heavy atom. The molecule has 1 aromatic rings. The summed E-state index contributed by atoms with van der Waals surface area (Å²) >= 11 is 0. The van der Waals surface area contributed by atoms with Crippen LogP contribution in [0.3, 0.4) is 0 Å². The SMILES string of the molecule is CCOC(=O)c1ccccc1N(CC(=O)NC1CC1)S(C)(=O)=O. The van der Waals surface area contributed by atoms with Crippen LogP contribution in [-0.2, 0) is 19.6 Å². The smallest absolute Gasteiger partial charge is 0.340 e. The van der Waals surface area contributed by atoms with E-state index >= 15 is 0 Å². The highest BCUT2D eigenvalue weighted by atomic mass is 32.2. The summed E-state index contributed by atoms with van der Waals surface area (Å²) in [7, 11) is -3.73. The van der Waals surface area contributed by atoms with Crippen molar-refractivity contribution in [2.45, 2.75) is 25.8 Å². The molecule has 0 aromatic heterocycles. The predicted octanol–water partition coefficient (Wildman–Crippen LogP) is 0.908. The highest BCUT2D eigenvalue weighted by Crippen LogP contribution is 2.24. The van der Waals surface area contributed by atoms with Crippen LogP contribution in [0, 0.1) is 0 Å². The van der Waals surface area contributed by atoms with Crippen molar-refractivity contribution in [2.75, 3.05) is 23.7 Å². The number of nitrogens with zero attached hydrogens (tertiary/aromatic N) is 1. The minimum atomic E-state index is -3.73. The normalized spacial score (nSPS) is 14.2. The van der Waals surface area contributed by atoms with Crippen molar-refractivity contribution >= 4 is 27.6 Å². The Balaban J connectivity index is 2.32. The zero-order chi connectivity index (χ0) is 17.0. The summed E-state index contributed by atoms with van der Waals surface area (Å²) in [6.07, 6.45) is 2.81. The number of sulfonamides is 1. The van der Waals surface area contributed by atoms with Gasteiger partial charge in [-0.25, -0.2) is 13.2 Å². The van der Waals surface area contributed by atoms with Gasteiger partial charge in [-0.1, -0.05) is 12.1 Å². The Morgan fingerprint density at radius 2 is 1.96 bits per heavy atom. The number of carbonyl (C=O) groups excluding carboxylic acids is 2. The van der Waals surface area contributed by atoms with Gasteiger partial charge in [0.15, 0.2) is 0 Å². The highest BCUT2D eigenvalue weighted by Gasteiger charge is 2.28. The summed E-state index contributed by atoms with van der Waals surface area (Å²) < 4.78 is 30.1. The number of nitrogens with one attached hydrogen (secondary N) is 1. The summed E-state index contributed by atoms with van der Waals surface area (Å²) in [5.74, 6) is -1.02. The zero-order valence-electron chi connectivity index (χ0n) is 13.1. The van der Waals surface area contributed by atoms with E-state index in [1.807, 2.05) is 0 Å². The number of para-hydroxylation sites is 1. The lowest BCUT2D eigenvalue weighted by Crippen LogP contribution is -2.41. The molecule has 2 rings (SSSR count). The van der Waals surface area contributed by atoms with Gasteiger partial charge in [-0.15, -0.1) is 0 Å². The van der Waals surface area contributed by atoms with Crippen LogP contribution in [-0.4, -0.2) is 45.7 Å². The molecule has 1 aliphatic rings. The van der Waals surface area contributed by atoms with E-state index in [0.717, 1.165) is 23.4 Å². The van der Waals surface area contributed by atoms with E-state index in [1.54, 1.807) is 19.1 Å². The third-order valence-corrected chi connectivity index (χ3v) is 4.42. The summed E-state index contributed by atoms with van der Waals surface area (Å²) in [5.41, 5.74) is 0.249. The molecule has 0 bridgehead atoms. The van der Waals surface area contributed by atoms with Crippen LogP contribution < -0.4 is 9.62 Å². The maximum Gasteiger partial charge on any atom is 0.340 e. The van der Waals surface area contributed by atoms with Crippen molar-refractivity contribution in [2.24, 2.45) is 0 Å². The van der Waals surface area contributed by atoms with Gasteiger partial charge in [0.1, 0.15) is 6.54 Å². The van der Waals surface area contributed by atoms with Gasteiger partial charge in [0.25, 0.3) is 0 Å². The van der Waals surface area contributed by atoms with Gasteiger partial charge in [0.05, 0.1) is 24.1 Å². The van der Waals surface area contributed by atoms with Gasteiger partial charge in [-0.3, -0.25) is 9.10 Å². The van der Waals surface area contributed by atoms with Crippen LogP contribution in [0.25, 0.3) is 0 Å². The van der Waals surface area contributed by atoms with Crippen LogP contribution in [0.15, 0.2) is 24.3 Å². The van der Waals surface area contributed by atoms with E-state index < -0.39 is 21.9 Å². The lowest BCUT2D eigenvalue weighted by Gasteiger charge is -2.23. The molecule has 1 N–H and O–H groups in total. The second-order valence-corrected chi connectivity index (χ2v) is 7.26. The maximum atomic E-state index is 12.1. The molecule has 126 valence electrons. The molecule has 0 aliphatic heterocycles. The average molecular weight is 340 g/mol. The van der Waals surface area contributed by atoms with E-state index in [9.17, 15) is 18.0 Å². The number of carbonyl (C=O) groups is 2. The lowest BCUT2D eigenvalue weighted by atomic mass is 10.2. The largest absolute Gasteiger partial charge is 0.462 e. The van der Waals surface area contributed by atoms with Crippen molar-refractivity contribution < 1.29 is 22.7 Å². The van der Waals surface area contributed by atoms with E-state index in [2.05, 4.69) is 5.32 Å². The molecule has 1 amide bonds. The molecular formula is C15H20N2O5S. The first-order valence-corrected chi connectivity index (χ1v) is 9.21. The standard InChI is InChI=1S/C15H20N2O5S/c1-3-22-15(19)12-6-4-5-7-13(12)17(23(2,20)21)10-14(18)16-11-8-9-11/h4-7,11H,3,8-10H2,1-2H3,(H,16,18). The Labute approximate surface area is 135 Å². The number of esters is 1. The Hall–Kier alpha value is -2.09. The van der Waals surface area contributed by atoms with E-state index in [0.29, 0.717) is 0 Å². The number of hydrogen-bond donors (Lipinski definition) is 1. The molecule has 1 aromatic carbocycles. The van der Waals surface area contributed by atoms with Crippen molar-refractivity contribution in [1.29, 1.82) is 0 Å². The molecule has 8 heteroatoms. The molecule has 1 fully saturated rings. The van der Waals surface area contributed by atoms with Crippen LogP contribution in [0.5, 0.6) is 0 Å². The summed E-state index contributed by atoms with van der Waals surface area (Å²) in [4.78, 5) is 24.0. The first-order valence-electron chi connectivity index (χ1n) is 7.36. The average Bonchev–Trinajstić information content (AvgIpc) is 3.28. The predicted molar refractivity (Wildman–Crippen MR) is 85.8 cm³/mol. The van der Waals surface area contributed by atoms with E-state index in [-0.39, 0.29) is 30.4 Å². The van der Waals surface area contributed by atoms with Gasteiger partial charge in [-0.2, -0.15) is 0 Å². The lowest BCUT2D eigenvalue weighted by molar-refractivity contribution is -0.119. The molecule has 0 unspecified atom stereocenters. The molecule has 0 spiro atoms. The maximum absolute atomic E-state index is 12.1. The Morgan fingerprint density at radius 1 is 1.30 bits per heavy atom. The molecule has 7 nitrogen and oxygen atoms in total. The third-order valence-electron chi connectivity index (χ3n) is 3.30. The monoisotopic (exact) mass is 340 g/mol. The molecule has 0 radical (unpaired) electrons. The second kappa shape index (κ2) is 6.99. The molecule has 1 saturated carbocycles. The minimum Gasteiger partial charge on any atom is -0.462 e. The van der Waals surface area contributed by atoms with Crippen molar-refractivity contribution in [3.8, 4) is 0 Å². The number of ether oxygens (including phenoxy) is 1. The number of anilines is 1. The first kappa shape index (κ1) is 17.3. The molecule has 23 heavy (non-hydrogen) atoms. The van der Waals surface area contributed by atoms with Gasteiger partial charge in [0, 0.05) is 6.04 Å². The van der Waals surface area contributed by atoms with E-state index in [4.69, 9.17) is 4.74 Å². The summed E-state index contributed by atoms with van der Waals surface area (Å²) in [6, 6.07) is 6.31. The fourth-order valence-electron chi connectivity index (χ4n) is 2.09. The molecule has 0 heterocycles. The van der Waals surface area contributed by atoms with Gasteiger partial charge in [0.2, 0.25) is 15.9 Å². The topological polar surface area (TPSA) is 92.8 Å². The quantitative estimate of drug-likeness (QED) is 0.745. The fourth-order valence-corrected chi connectivity index (χ4v) is 2.95. The van der Waals surface area contributed by atoms with Crippen molar-refractivity contribution in [3.63, 3.8) is 0 Å².